The van der Waals surface area contributed by atoms with E-state index in [0.717, 1.165) is 28.0 Å². The Labute approximate surface area is 198 Å². The zero-order valence-electron chi connectivity index (χ0n) is 18.6. The second-order valence-corrected chi connectivity index (χ2v) is 8.13. The van der Waals surface area contributed by atoms with Gasteiger partial charge in [0.1, 0.15) is 18.2 Å². The maximum absolute atomic E-state index is 13.4. The number of hydrogen-bond donors (Lipinski definition) is 2. The molecule has 5 heteroatoms. The van der Waals surface area contributed by atoms with Crippen LogP contribution in [0.25, 0.3) is 11.0 Å². The van der Waals surface area contributed by atoms with E-state index in [0.29, 0.717) is 24.3 Å². The van der Waals surface area contributed by atoms with Crippen molar-refractivity contribution in [3.63, 3.8) is 0 Å². The number of benzene rings is 4. The van der Waals surface area contributed by atoms with Crippen molar-refractivity contribution in [1.29, 1.82) is 0 Å². The summed E-state index contributed by atoms with van der Waals surface area (Å²) in [7, 11) is 0. The second-order valence-electron chi connectivity index (χ2n) is 8.13. The number of fused-ring (bicyclic) bond motifs is 1. The highest BCUT2D eigenvalue weighted by Crippen LogP contribution is 2.23. The average Bonchev–Trinajstić information content (AvgIpc) is 3.33. The molecule has 0 saturated heterocycles. The van der Waals surface area contributed by atoms with Crippen molar-refractivity contribution in [2.45, 2.75) is 19.1 Å². The first kappa shape index (κ1) is 21.5. The standard InChI is InChI=1S/C29H25N3O2/c33-29(23-15-7-10-18-27(23)34-20-22-13-5-2-6-14-22)32-26(19-21-11-3-1-4-12-21)28-30-24-16-8-9-17-25(24)31-28/h1-18,26H,19-20H2,(H,30,31)(H,32,33). The number of aromatic amines is 1. The SMILES string of the molecule is O=C(NC(Cc1ccccc1)c1nc2ccccc2[nH]1)c1ccccc1OCc1ccccc1. The summed E-state index contributed by atoms with van der Waals surface area (Å²) in [6.45, 7) is 0.391. The lowest BCUT2D eigenvalue weighted by atomic mass is 10.0. The molecule has 0 fully saturated rings. The summed E-state index contributed by atoms with van der Waals surface area (Å²) in [4.78, 5) is 21.6. The highest BCUT2D eigenvalue weighted by molar-refractivity contribution is 5.97. The molecule has 0 bridgehead atoms. The fraction of sp³-hybridized carbons (Fsp3) is 0.103. The Morgan fingerprint density at radius 2 is 1.44 bits per heavy atom. The lowest BCUT2D eigenvalue weighted by Crippen LogP contribution is -2.31. The molecular weight excluding hydrogens is 422 g/mol. The minimum atomic E-state index is -0.329. The van der Waals surface area contributed by atoms with Crippen LogP contribution in [0.5, 0.6) is 5.75 Å². The van der Waals surface area contributed by atoms with Gasteiger partial charge < -0.3 is 15.0 Å². The van der Waals surface area contributed by atoms with E-state index in [9.17, 15) is 4.79 Å². The summed E-state index contributed by atoms with van der Waals surface area (Å²) in [6.07, 6.45) is 0.611. The van der Waals surface area contributed by atoms with Gasteiger partial charge in [0, 0.05) is 0 Å². The molecule has 0 spiro atoms. The number of imidazole rings is 1. The van der Waals surface area contributed by atoms with Gasteiger partial charge in [0.25, 0.3) is 5.91 Å². The van der Waals surface area contributed by atoms with Crippen LogP contribution in [0, 0.1) is 0 Å². The molecule has 0 aliphatic heterocycles. The first-order chi connectivity index (χ1) is 16.8. The Balaban J connectivity index is 1.40. The van der Waals surface area contributed by atoms with Crippen LogP contribution >= 0.6 is 0 Å². The van der Waals surface area contributed by atoms with Crippen LogP contribution in [0.3, 0.4) is 0 Å². The monoisotopic (exact) mass is 447 g/mol. The van der Waals surface area contributed by atoms with Crippen LogP contribution in [0.4, 0.5) is 0 Å². The Morgan fingerprint density at radius 1 is 0.794 bits per heavy atom. The number of para-hydroxylation sites is 3. The largest absolute Gasteiger partial charge is 0.488 e. The van der Waals surface area contributed by atoms with E-state index >= 15 is 0 Å². The van der Waals surface area contributed by atoms with Crippen molar-refractivity contribution in [2.24, 2.45) is 0 Å². The van der Waals surface area contributed by atoms with Gasteiger partial charge in [-0.25, -0.2) is 4.98 Å². The zero-order chi connectivity index (χ0) is 23.2. The summed E-state index contributed by atoms with van der Waals surface area (Å²) in [6, 6.07) is 34.9. The van der Waals surface area contributed by atoms with Gasteiger partial charge in [-0.15, -0.1) is 0 Å². The number of carbonyl (C=O) groups is 1. The van der Waals surface area contributed by atoms with Crippen molar-refractivity contribution in [2.75, 3.05) is 0 Å². The van der Waals surface area contributed by atoms with E-state index in [-0.39, 0.29) is 11.9 Å². The quantitative estimate of drug-likeness (QED) is 0.313. The number of ether oxygens (including phenoxy) is 1. The van der Waals surface area contributed by atoms with Gasteiger partial charge in [-0.1, -0.05) is 84.9 Å². The molecule has 2 N–H and O–H groups in total. The molecule has 0 aliphatic rings. The number of H-pyrrole nitrogens is 1. The van der Waals surface area contributed by atoms with Gasteiger partial charge in [-0.3, -0.25) is 4.79 Å². The molecular formula is C29H25N3O2. The van der Waals surface area contributed by atoms with Gasteiger partial charge in [-0.05, 0) is 41.8 Å². The number of aromatic nitrogens is 2. The van der Waals surface area contributed by atoms with Gasteiger partial charge in [0.05, 0.1) is 22.6 Å². The normalized spacial score (nSPS) is 11.8. The number of amides is 1. The summed E-state index contributed by atoms with van der Waals surface area (Å²) in [5, 5.41) is 3.18. The third-order valence-electron chi connectivity index (χ3n) is 5.69. The van der Waals surface area contributed by atoms with Gasteiger partial charge >= 0.3 is 0 Å². The molecule has 1 aromatic heterocycles. The molecule has 4 aromatic carbocycles. The van der Waals surface area contributed by atoms with E-state index in [1.54, 1.807) is 6.07 Å². The molecule has 1 atom stereocenters. The van der Waals surface area contributed by atoms with Crippen molar-refractivity contribution in [3.8, 4) is 5.75 Å². The molecule has 34 heavy (non-hydrogen) atoms. The first-order valence-electron chi connectivity index (χ1n) is 11.3. The Kier molecular flexibility index (Phi) is 6.34. The number of nitrogens with zero attached hydrogens (tertiary/aromatic N) is 1. The zero-order valence-corrected chi connectivity index (χ0v) is 18.6. The maximum atomic E-state index is 13.4. The predicted molar refractivity (Wildman–Crippen MR) is 134 cm³/mol. The first-order valence-corrected chi connectivity index (χ1v) is 11.3. The van der Waals surface area contributed by atoms with Crippen molar-refractivity contribution in [1.82, 2.24) is 15.3 Å². The van der Waals surface area contributed by atoms with Crippen molar-refractivity contribution < 1.29 is 9.53 Å². The van der Waals surface area contributed by atoms with E-state index in [1.165, 1.54) is 0 Å². The van der Waals surface area contributed by atoms with Gasteiger partial charge in [0.2, 0.25) is 0 Å². The summed E-state index contributed by atoms with van der Waals surface area (Å²) in [5.41, 5.74) is 4.46. The molecule has 5 aromatic rings. The third-order valence-corrected chi connectivity index (χ3v) is 5.69. The number of hydrogen-bond acceptors (Lipinski definition) is 3. The third kappa shape index (κ3) is 4.99. The van der Waals surface area contributed by atoms with Crippen molar-refractivity contribution in [3.05, 3.63) is 132 Å². The van der Waals surface area contributed by atoms with Crippen molar-refractivity contribution >= 4 is 16.9 Å². The molecule has 5 rings (SSSR count). The van der Waals surface area contributed by atoms with Gasteiger partial charge in [0.15, 0.2) is 0 Å². The number of carbonyl (C=O) groups excluding carboxylic acids is 1. The molecule has 5 nitrogen and oxygen atoms in total. The van der Waals surface area contributed by atoms with E-state index in [4.69, 9.17) is 9.72 Å². The lowest BCUT2D eigenvalue weighted by molar-refractivity contribution is 0.0930. The summed E-state index contributed by atoms with van der Waals surface area (Å²) >= 11 is 0. The Bertz CT molecular complexity index is 1350. The Hall–Kier alpha value is -4.38. The van der Waals surface area contributed by atoms with E-state index in [1.807, 2.05) is 91.0 Å². The van der Waals surface area contributed by atoms with Crippen LogP contribution in [0.2, 0.25) is 0 Å². The average molecular weight is 448 g/mol. The molecule has 0 aliphatic carbocycles. The van der Waals surface area contributed by atoms with Crippen LogP contribution in [0.15, 0.2) is 109 Å². The van der Waals surface area contributed by atoms with E-state index in [2.05, 4.69) is 22.4 Å². The van der Waals surface area contributed by atoms with Gasteiger partial charge in [-0.2, -0.15) is 0 Å². The fourth-order valence-corrected chi connectivity index (χ4v) is 3.95. The molecule has 0 saturated carbocycles. The Morgan fingerprint density at radius 3 is 2.21 bits per heavy atom. The van der Waals surface area contributed by atoms with Crippen LogP contribution < -0.4 is 10.1 Å². The number of nitrogens with one attached hydrogen (secondary N) is 2. The fourth-order valence-electron chi connectivity index (χ4n) is 3.95. The topological polar surface area (TPSA) is 67.0 Å². The molecule has 1 amide bonds. The van der Waals surface area contributed by atoms with Crippen LogP contribution in [-0.4, -0.2) is 15.9 Å². The summed E-state index contributed by atoms with van der Waals surface area (Å²) < 4.78 is 6.01. The highest BCUT2D eigenvalue weighted by Gasteiger charge is 2.22. The predicted octanol–water partition coefficient (Wildman–Crippen LogP) is 5.86. The smallest absolute Gasteiger partial charge is 0.255 e. The minimum absolute atomic E-state index is 0.204. The number of rotatable bonds is 8. The van der Waals surface area contributed by atoms with Crippen LogP contribution in [-0.2, 0) is 13.0 Å². The summed E-state index contributed by atoms with van der Waals surface area (Å²) in [5.74, 6) is 1.07. The maximum Gasteiger partial charge on any atom is 0.255 e. The highest BCUT2D eigenvalue weighted by atomic mass is 16.5. The molecule has 1 unspecified atom stereocenters. The molecule has 1 heterocycles. The molecule has 168 valence electrons. The molecule has 0 radical (unpaired) electrons. The second kappa shape index (κ2) is 10.0. The van der Waals surface area contributed by atoms with Crippen LogP contribution in [0.1, 0.15) is 33.4 Å². The van der Waals surface area contributed by atoms with E-state index < -0.39 is 0 Å². The lowest BCUT2D eigenvalue weighted by Gasteiger charge is -2.18. The minimum Gasteiger partial charge on any atom is -0.488 e.